The van der Waals surface area contributed by atoms with E-state index in [2.05, 4.69) is 41.4 Å². The van der Waals surface area contributed by atoms with Gasteiger partial charge in [-0.05, 0) is 65.7 Å². The van der Waals surface area contributed by atoms with E-state index in [1.165, 1.54) is 19.3 Å². The van der Waals surface area contributed by atoms with Crippen LogP contribution in [-0.4, -0.2) is 23.4 Å². The van der Waals surface area contributed by atoms with Gasteiger partial charge in [-0.15, -0.1) is 11.3 Å². The van der Waals surface area contributed by atoms with Crippen LogP contribution in [-0.2, 0) is 4.79 Å². The average Bonchev–Trinajstić information content (AvgIpc) is 3.26. The van der Waals surface area contributed by atoms with Crippen LogP contribution in [0.15, 0.2) is 34.4 Å². The summed E-state index contributed by atoms with van der Waals surface area (Å²) in [4.78, 5) is 21.2. The Morgan fingerprint density at radius 3 is 3.00 bits per heavy atom. The Morgan fingerprint density at radius 2 is 2.21 bits per heavy atom. The number of hydrogen-bond acceptors (Lipinski definition) is 5. The van der Waals surface area contributed by atoms with Crippen molar-refractivity contribution in [3.8, 4) is 0 Å². The number of benzene rings is 1. The first-order valence-corrected chi connectivity index (χ1v) is 10.9. The van der Waals surface area contributed by atoms with Crippen LogP contribution in [0.1, 0.15) is 45.6 Å². The van der Waals surface area contributed by atoms with E-state index in [-0.39, 0.29) is 11.3 Å². The van der Waals surface area contributed by atoms with Gasteiger partial charge in [-0.25, -0.2) is 9.98 Å². The molecular formula is C22H26N4OS. The molecule has 1 aliphatic heterocycles. The summed E-state index contributed by atoms with van der Waals surface area (Å²) in [6.45, 7) is 8.07. The van der Waals surface area contributed by atoms with Crippen molar-refractivity contribution >= 4 is 39.5 Å². The van der Waals surface area contributed by atoms with Crippen molar-refractivity contribution in [3.05, 3.63) is 35.0 Å². The Kier molecular flexibility index (Phi) is 3.92. The molecule has 3 atom stereocenters. The Labute approximate surface area is 169 Å². The Bertz CT molecular complexity index is 1020. The highest BCUT2D eigenvalue weighted by atomic mass is 32.1. The Morgan fingerprint density at radius 1 is 1.36 bits per heavy atom. The van der Waals surface area contributed by atoms with E-state index in [4.69, 9.17) is 0 Å². The SMILES string of the molecule is CC1(C)[C@H]2CC[C@@](C)(CNC3=N/C(=C\c4ccc5ncsc5c4)C(=O)N3)[C@@H]1C2. The number of fused-ring (bicyclic) bond motifs is 3. The minimum atomic E-state index is -0.148. The zero-order valence-electron chi connectivity index (χ0n) is 16.6. The van der Waals surface area contributed by atoms with Crippen LogP contribution >= 0.6 is 11.3 Å². The summed E-state index contributed by atoms with van der Waals surface area (Å²) in [5.74, 6) is 2.06. The molecular weight excluding hydrogens is 368 g/mol. The van der Waals surface area contributed by atoms with E-state index in [1.807, 2.05) is 29.8 Å². The molecule has 6 heteroatoms. The standard InChI is InChI=1S/C22H26N4OS/c1-21(2)14-6-7-22(3,18(21)10-14)11-23-20-25-16(19(27)26-20)8-13-4-5-15-17(9-13)28-12-24-15/h4-5,8-9,12,14,18H,6-7,10-11H2,1-3H3,(H2,23,25,26,27)/b16-8-/t14-,18+,22-/m0/s1. The van der Waals surface area contributed by atoms with Gasteiger partial charge >= 0.3 is 0 Å². The summed E-state index contributed by atoms with van der Waals surface area (Å²) >= 11 is 1.60. The smallest absolute Gasteiger partial charge is 0.276 e. The molecule has 0 saturated heterocycles. The number of hydrogen-bond donors (Lipinski definition) is 2. The molecule has 1 aromatic heterocycles. The van der Waals surface area contributed by atoms with Crippen LogP contribution in [0.25, 0.3) is 16.3 Å². The second-order valence-corrected chi connectivity index (χ2v) is 10.3. The summed E-state index contributed by atoms with van der Waals surface area (Å²) in [6, 6.07) is 6.00. The molecule has 2 aromatic rings. The van der Waals surface area contributed by atoms with Crippen LogP contribution in [0.4, 0.5) is 0 Å². The molecule has 3 fully saturated rings. The molecule has 1 aromatic carbocycles. The van der Waals surface area contributed by atoms with Gasteiger partial charge < -0.3 is 5.32 Å². The average molecular weight is 395 g/mol. The van der Waals surface area contributed by atoms with Crippen molar-refractivity contribution in [1.29, 1.82) is 0 Å². The number of carbonyl (C=O) groups excluding carboxylic acids is 1. The van der Waals surface area contributed by atoms with E-state index >= 15 is 0 Å². The summed E-state index contributed by atoms with van der Waals surface area (Å²) in [7, 11) is 0. The van der Waals surface area contributed by atoms with Gasteiger partial charge in [0.15, 0.2) is 0 Å². The maximum Gasteiger partial charge on any atom is 0.276 e. The number of guanidine groups is 1. The van der Waals surface area contributed by atoms with Crippen molar-refractivity contribution in [3.63, 3.8) is 0 Å². The first kappa shape index (κ1) is 17.9. The molecule has 3 saturated carbocycles. The van der Waals surface area contributed by atoms with Gasteiger partial charge in [-0.1, -0.05) is 26.8 Å². The molecule has 5 nitrogen and oxygen atoms in total. The first-order chi connectivity index (χ1) is 13.3. The van der Waals surface area contributed by atoms with Crippen molar-refractivity contribution in [1.82, 2.24) is 15.6 Å². The molecule has 6 rings (SSSR count). The van der Waals surface area contributed by atoms with E-state index in [0.717, 1.165) is 34.2 Å². The normalized spacial score (nSPS) is 32.2. The van der Waals surface area contributed by atoms with Gasteiger partial charge in [0.25, 0.3) is 5.91 Å². The van der Waals surface area contributed by atoms with Crippen molar-refractivity contribution in [2.75, 3.05) is 6.54 Å². The molecule has 2 bridgehead atoms. The molecule has 0 unspecified atom stereocenters. The number of carbonyl (C=O) groups is 1. The number of rotatable bonds is 3. The third-order valence-electron chi connectivity index (χ3n) is 7.39. The van der Waals surface area contributed by atoms with Gasteiger partial charge in [0.1, 0.15) is 5.70 Å². The predicted octanol–water partition coefficient (Wildman–Crippen LogP) is 4.18. The number of thiazole rings is 1. The van der Waals surface area contributed by atoms with Crippen LogP contribution < -0.4 is 10.6 Å². The highest BCUT2D eigenvalue weighted by molar-refractivity contribution is 7.16. The third-order valence-corrected chi connectivity index (χ3v) is 8.18. The maximum absolute atomic E-state index is 12.4. The van der Waals surface area contributed by atoms with Crippen LogP contribution in [0.3, 0.4) is 0 Å². The number of aromatic nitrogens is 1. The van der Waals surface area contributed by atoms with Crippen LogP contribution in [0, 0.1) is 22.7 Å². The minimum absolute atomic E-state index is 0.148. The maximum atomic E-state index is 12.4. The fraction of sp³-hybridized carbons (Fsp3) is 0.500. The number of amides is 1. The van der Waals surface area contributed by atoms with Crippen molar-refractivity contribution < 1.29 is 4.79 Å². The number of nitrogens with zero attached hydrogens (tertiary/aromatic N) is 2. The molecule has 2 N–H and O–H groups in total. The van der Waals surface area contributed by atoms with Gasteiger partial charge in [0.2, 0.25) is 5.96 Å². The van der Waals surface area contributed by atoms with Gasteiger partial charge in [-0.3, -0.25) is 10.1 Å². The van der Waals surface area contributed by atoms with Crippen molar-refractivity contribution in [2.24, 2.45) is 27.7 Å². The number of nitrogens with one attached hydrogen (secondary N) is 2. The van der Waals surface area contributed by atoms with E-state index < -0.39 is 0 Å². The topological polar surface area (TPSA) is 66.4 Å². The molecule has 2 heterocycles. The summed E-state index contributed by atoms with van der Waals surface area (Å²) < 4.78 is 1.11. The first-order valence-electron chi connectivity index (χ1n) is 10.0. The number of aliphatic imine (C=N–C) groups is 1. The quantitative estimate of drug-likeness (QED) is 0.768. The lowest BCUT2D eigenvalue weighted by atomic mass is 9.41. The van der Waals surface area contributed by atoms with Gasteiger partial charge in [0.05, 0.1) is 15.7 Å². The molecule has 0 spiro atoms. The fourth-order valence-corrected chi connectivity index (χ4v) is 6.26. The largest absolute Gasteiger partial charge is 0.355 e. The lowest BCUT2D eigenvalue weighted by Gasteiger charge is -2.64. The molecule has 3 aliphatic carbocycles. The van der Waals surface area contributed by atoms with Crippen molar-refractivity contribution in [2.45, 2.75) is 40.0 Å². The Hall–Kier alpha value is -2.21. The van der Waals surface area contributed by atoms with Gasteiger partial charge in [0, 0.05) is 6.54 Å². The third kappa shape index (κ3) is 2.77. The molecule has 0 radical (unpaired) electrons. The summed E-state index contributed by atoms with van der Waals surface area (Å²) in [6.07, 6.45) is 5.74. The summed E-state index contributed by atoms with van der Waals surface area (Å²) in [5, 5.41) is 6.31. The van der Waals surface area contributed by atoms with Crippen LogP contribution in [0.2, 0.25) is 0 Å². The molecule has 146 valence electrons. The molecule has 1 amide bonds. The second-order valence-electron chi connectivity index (χ2n) is 9.38. The minimum Gasteiger partial charge on any atom is -0.355 e. The lowest BCUT2D eigenvalue weighted by Crippen LogP contribution is -2.60. The highest BCUT2D eigenvalue weighted by Crippen LogP contribution is 2.65. The van der Waals surface area contributed by atoms with E-state index in [0.29, 0.717) is 17.1 Å². The van der Waals surface area contributed by atoms with Crippen LogP contribution in [0.5, 0.6) is 0 Å². The zero-order valence-corrected chi connectivity index (χ0v) is 17.4. The lowest BCUT2D eigenvalue weighted by molar-refractivity contribution is -0.147. The highest BCUT2D eigenvalue weighted by Gasteiger charge is 2.58. The predicted molar refractivity (Wildman–Crippen MR) is 114 cm³/mol. The fourth-order valence-electron chi connectivity index (χ4n) is 5.54. The zero-order chi connectivity index (χ0) is 19.5. The Balaban J connectivity index is 1.31. The van der Waals surface area contributed by atoms with E-state index in [9.17, 15) is 4.79 Å². The van der Waals surface area contributed by atoms with Gasteiger partial charge in [-0.2, -0.15) is 0 Å². The second kappa shape index (κ2) is 6.14. The summed E-state index contributed by atoms with van der Waals surface area (Å²) in [5.41, 5.74) is 4.93. The monoisotopic (exact) mass is 394 g/mol. The van der Waals surface area contributed by atoms with E-state index in [1.54, 1.807) is 11.3 Å². The molecule has 4 aliphatic rings. The molecule has 28 heavy (non-hydrogen) atoms.